The Morgan fingerprint density at radius 3 is 1.66 bits per heavy atom. The van der Waals surface area contributed by atoms with Crippen LogP contribution in [0.2, 0.25) is 0 Å². The highest BCUT2D eigenvalue weighted by molar-refractivity contribution is 6.10. The molecular weight excluding hydrogens is 569 g/mol. The van der Waals surface area contributed by atoms with Crippen molar-refractivity contribution in [3.63, 3.8) is 0 Å². The summed E-state index contributed by atoms with van der Waals surface area (Å²) in [6.45, 7) is 4.68. The SMILES string of the molecule is CC1(C)c2ccccc2-c2cc3c(ccc4cc(-c5nc(-c6ccccc6)cc(-c6ccc(-c7ccccc7)cc6)n5)ccc43)cc21. The maximum Gasteiger partial charge on any atom is 0.160 e. The lowest BCUT2D eigenvalue weighted by Gasteiger charge is -2.21. The Morgan fingerprint density at radius 1 is 0.383 bits per heavy atom. The summed E-state index contributed by atoms with van der Waals surface area (Å²) >= 11 is 0. The lowest BCUT2D eigenvalue weighted by atomic mass is 9.81. The first-order chi connectivity index (χ1) is 23.0. The largest absolute Gasteiger partial charge is 0.228 e. The van der Waals surface area contributed by atoms with E-state index in [0.29, 0.717) is 0 Å². The molecule has 47 heavy (non-hydrogen) atoms. The van der Waals surface area contributed by atoms with E-state index in [9.17, 15) is 0 Å². The van der Waals surface area contributed by atoms with Crippen LogP contribution in [0.1, 0.15) is 25.0 Å². The highest BCUT2D eigenvalue weighted by Gasteiger charge is 2.35. The van der Waals surface area contributed by atoms with Crippen molar-refractivity contribution >= 4 is 21.5 Å². The fraction of sp³-hybridized carbons (Fsp3) is 0.0667. The van der Waals surface area contributed by atoms with E-state index < -0.39 is 0 Å². The van der Waals surface area contributed by atoms with Gasteiger partial charge in [0.1, 0.15) is 0 Å². The summed E-state index contributed by atoms with van der Waals surface area (Å²) in [6, 6.07) is 56.5. The van der Waals surface area contributed by atoms with Crippen molar-refractivity contribution in [2.75, 3.05) is 0 Å². The van der Waals surface area contributed by atoms with Gasteiger partial charge in [-0.1, -0.05) is 147 Å². The van der Waals surface area contributed by atoms with Gasteiger partial charge in [-0.3, -0.25) is 0 Å². The first-order valence-corrected chi connectivity index (χ1v) is 16.2. The second-order valence-corrected chi connectivity index (χ2v) is 13.1. The standard InChI is InChI=1S/C45H32N2/c1-45(2)40-16-10-9-15-37(40)39-27-38-34(26-41(39)45)22-21-33-25-35(23-24-36(33)38)44-46-42(31-13-7-4-8-14-31)28-43(47-44)32-19-17-30(18-20-32)29-11-5-3-6-12-29/h3-28H,1-2H3. The Balaban J connectivity index is 1.17. The van der Waals surface area contributed by atoms with E-state index in [1.165, 1.54) is 54.9 Å². The van der Waals surface area contributed by atoms with Gasteiger partial charge in [0.05, 0.1) is 11.4 Å². The zero-order chi connectivity index (χ0) is 31.5. The molecule has 222 valence electrons. The summed E-state index contributed by atoms with van der Waals surface area (Å²) in [5, 5.41) is 4.97. The van der Waals surface area contributed by atoms with Crippen LogP contribution in [-0.4, -0.2) is 9.97 Å². The van der Waals surface area contributed by atoms with Gasteiger partial charge >= 0.3 is 0 Å². The van der Waals surface area contributed by atoms with Crippen molar-refractivity contribution in [2.45, 2.75) is 19.3 Å². The molecule has 8 aromatic rings. The summed E-state index contributed by atoms with van der Waals surface area (Å²) < 4.78 is 0. The van der Waals surface area contributed by atoms with Crippen LogP contribution in [-0.2, 0) is 5.41 Å². The molecule has 0 amide bonds. The van der Waals surface area contributed by atoms with E-state index in [4.69, 9.17) is 9.97 Å². The number of fused-ring (bicyclic) bond motifs is 6. The average molecular weight is 601 g/mol. The molecule has 0 bridgehead atoms. The smallest absolute Gasteiger partial charge is 0.160 e. The summed E-state index contributed by atoms with van der Waals surface area (Å²) in [5.74, 6) is 0.722. The highest BCUT2D eigenvalue weighted by Crippen LogP contribution is 2.50. The lowest BCUT2D eigenvalue weighted by Crippen LogP contribution is -2.14. The normalized spacial score (nSPS) is 13.1. The minimum Gasteiger partial charge on any atom is -0.228 e. The third kappa shape index (κ3) is 4.56. The molecule has 0 unspecified atom stereocenters. The molecule has 2 heteroatoms. The molecule has 0 radical (unpaired) electrons. The van der Waals surface area contributed by atoms with Crippen molar-refractivity contribution in [3.8, 4) is 56.2 Å². The van der Waals surface area contributed by atoms with Crippen LogP contribution in [0.3, 0.4) is 0 Å². The molecule has 7 aromatic carbocycles. The van der Waals surface area contributed by atoms with Crippen LogP contribution in [0.25, 0.3) is 77.7 Å². The van der Waals surface area contributed by atoms with Crippen molar-refractivity contribution in [1.82, 2.24) is 9.97 Å². The molecule has 1 heterocycles. The minimum absolute atomic E-state index is 0.0143. The maximum atomic E-state index is 5.15. The monoisotopic (exact) mass is 600 g/mol. The molecule has 0 aliphatic heterocycles. The van der Waals surface area contributed by atoms with Crippen LogP contribution >= 0.6 is 0 Å². The molecule has 0 fully saturated rings. The minimum atomic E-state index is -0.0143. The molecule has 1 aromatic heterocycles. The summed E-state index contributed by atoms with van der Waals surface area (Å²) in [7, 11) is 0. The fourth-order valence-corrected chi connectivity index (χ4v) is 7.35. The summed E-state index contributed by atoms with van der Waals surface area (Å²) in [4.78, 5) is 10.3. The molecule has 1 aliphatic rings. The highest BCUT2D eigenvalue weighted by atomic mass is 14.9. The van der Waals surface area contributed by atoms with Gasteiger partial charge in [0.25, 0.3) is 0 Å². The van der Waals surface area contributed by atoms with Gasteiger partial charge in [-0.2, -0.15) is 0 Å². The predicted molar refractivity (Wildman–Crippen MR) is 196 cm³/mol. The molecule has 0 atom stereocenters. The first kappa shape index (κ1) is 27.5. The third-order valence-corrected chi connectivity index (χ3v) is 9.88. The number of hydrogen-bond donors (Lipinski definition) is 0. The predicted octanol–water partition coefficient (Wildman–Crippen LogP) is 11.8. The van der Waals surface area contributed by atoms with E-state index in [0.717, 1.165) is 33.9 Å². The van der Waals surface area contributed by atoms with Gasteiger partial charge < -0.3 is 0 Å². The van der Waals surface area contributed by atoms with Gasteiger partial charge in [-0.15, -0.1) is 0 Å². The fourth-order valence-electron chi connectivity index (χ4n) is 7.35. The molecule has 0 saturated heterocycles. The van der Waals surface area contributed by atoms with Crippen LogP contribution in [0, 0.1) is 0 Å². The second kappa shape index (κ2) is 10.6. The number of aromatic nitrogens is 2. The molecule has 0 N–H and O–H groups in total. The number of rotatable bonds is 4. The molecule has 0 spiro atoms. The van der Waals surface area contributed by atoms with E-state index in [1.807, 2.05) is 12.1 Å². The van der Waals surface area contributed by atoms with Crippen LogP contribution in [0.4, 0.5) is 0 Å². The van der Waals surface area contributed by atoms with Gasteiger partial charge in [0.2, 0.25) is 0 Å². The molecule has 2 nitrogen and oxygen atoms in total. The maximum absolute atomic E-state index is 5.15. The molecule has 1 aliphatic carbocycles. The Hall–Kier alpha value is -5.86. The van der Waals surface area contributed by atoms with E-state index in [1.54, 1.807) is 0 Å². The lowest BCUT2D eigenvalue weighted by molar-refractivity contribution is 0.661. The quantitative estimate of drug-likeness (QED) is 0.188. The van der Waals surface area contributed by atoms with Crippen LogP contribution < -0.4 is 0 Å². The Labute approximate surface area is 275 Å². The Morgan fingerprint density at radius 2 is 0.936 bits per heavy atom. The van der Waals surface area contributed by atoms with E-state index in [-0.39, 0.29) is 5.41 Å². The molecule has 0 saturated carbocycles. The van der Waals surface area contributed by atoms with Gasteiger partial charge in [-0.25, -0.2) is 9.97 Å². The zero-order valence-electron chi connectivity index (χ0n) is 26.4. The summed E-state index contributed by atoms with van der Waals surface area (Å²) in [6.07, 6.45) is 0. The van der Waals surface area contributed by atoms with Crippen molar-refractivity contribution < 1.29 is 0 Å². The Bertz CT molecular complexity index is 2460. The third-order valence-electron chi connectivity index (χ3n) is 9.88. The topological polar surface area (TPSA) is 25.8 Å². The van der Waals surface area contributed by atoms with E-state index >= 15 is 0 Å². The second-order valence-electron chi connectivity index (χ2n) is 13.1. The van der Waals surface area contributed by atoms with Crippen molar-refractivity contribution in [1.29, 1.82) is 0 Å². The van der Waals surface area contributed by atoms with Crippen molar-refractivity contribution in [2.24, 2.45) is 0 Å². The number of benzene rings is 7. The zero-order valence-corrected chi connectivity index (χ0v) is 26.4. The van der Waals surface area contributed by atoms with Gasteiger partial charge in [0, 0.05) is 22.1 Å². The Kier molecular flexibility index (Phi) is 6.20. The molecular formula is C45H32N2. The van der Waals surface area contributed by atoms with Gasteiger partial charge in [-0.05, 0) is 79.2 Å². The van der Waals surface area contributed by atoms with Crippen molar-refractivity contribution in [3.05, 3.63) is 169 Å². The van der Waals surface area contributed by atoms with E-state index in [2.05, 4.69) is 159 Å². The molecule has 9 rings (SSSR count). The first-order valence-electron chi connectivity index (χ1n) is 16.2. The number of nitrogens with zero attached hydrogens (tertiary/aromatic N) is 2. The average Bonchev–Trinajstić information content (AvgIpc) is 3.36. The summed E-state index contributed by atoms with van der Waals surface area (Å²) in [5.41, 5.74) is 12.8. The van der Waals surface area contributed by atoms with Crippen LogP contribution in [0.5, 0.6) is 0 Å². The van der Waals surface area contributed by atoms with Gasteiger partial charge in [0.15, 0.2) is 5.82 Å². The van der Waals surface area contributed by atoms with Crippen LogP contribution in [0.15, 0.2) is 158 Å². The number of hydrogen-bond acceptors (Lipinski definition) is 2.